The van der Waals surface area contributed by atoms with Gasteiger partial charge in [0.25, 0.3) is 15.9 Å². The van der Waals surface area contributed by atoms with E-state index < -0.39 is 10.0 Å². The van der Waals surface area contributed by atoms with E-state index in [-0.39, 0.29) is 10.8 Å². The molecule has 1 amide bonds. The van der Waals surface area contributed by atoms with Crippen molar-refractivity contribution in [2.24, 2.45) is 5.92 Å². The van der Waals surface area contributed by atoms with Crippen LogP contribution in [0.4, 0.5) is 5.69 Å². The summed E-state index contributed by atoms with van der Waals surface area (Å²) in [5, 5.41) is 0. The quantitative estimate of drug-likeness (QED) is 0.911. The molecule has 5 nitrogen and oxygen atoms in total. The predicted octanol–water partition coefficient (Wildman–Crippen LogP) is 3.36. The molecule has 0 radical (unpaired) electrons. The topological polar surface area (TPSA) is 66.5 Å². The molecule has 0 aliphatic carbocycles. The van der Waals surface area contributed by atoms with Crippen molar-refractivity contribution in [3.8, 4) is 0 Å². The van der Waals surface area contributed by atoms with E-state index >= 15 is 0 Å². The zero-order valence-corrected chi connectivity index (χ0v) is 15.0. The highest BCUT2D eigenvalue weighted by molar-refractivity contribution is 7.92. The van der Waals surface area contributed by atoms with Gasteiger partial charge < -0.3 is 4.90 Å². The molecule has 2 aromatic rings. The summed E-state index contributed by atoms with van der Waals surface area (Å²) in [7, 11) is -3.62. The number of sulfonamides is 1. The Bertz CT molecular complexity index is 833. The molecule has 1 N–H and O–H groups in total. The van der Waals surface area contributed by atoms with Crippen LogP contribution in [0.15, 0.2) is 59.5 Å². The number of hydrogen-bond acceptors (Lipinski definition) is 3. The molecule has 1 aliphatic rings. The van der Waals surface area contributed by atoms with Crippen molar-refractivity contribution < 1.29 is 13.2 Å². The molecule has 2 aromatic carbocycles. The van der Waals surface area contributed by atoms with Crippen molar-refractivity contribution in [3.63, 3.8) is 0 Å². The molecule has 132 valence electrons. The molecule has 25 heavy (non-hydrogen) atoms. The van der Waals surface area contributed by atoms with Gasteiger partial charge in [0.15, 0.2) is 0 Å². The van der Waals surface area contributed by atoms with Crippen LogP contribution in [0.1, 0.15) is 30.1 Å². The van der Waals surface area contributed by atoms with E-state index in [1.54, 1.807) is 42.5 Å². The Balaban J connectivity index is 1.71. The van der Waals surface area contributed by atoms with Crippen LogP contribution in [0.3, 0.4) is 0 Å². The van der Waals surface area contributed by atoms with Gasteiger partial charge in [-0.1, -0.05) is 25.1 Å². The molecule has 0 spiro atoms. The van der Waals surface area contributed by atoms with Crippen LogP contribution >= 0.6 is 0 Å². The van der Waals surface area contributed by atoms with Gasteiger partial charge >= 0.3 is 0 Å². The molecular weight excluding hydrogens is 336 g/mol. The molecule has 6 heteroatoms. The maximum Gasteiger partial charge on any atom is 0.261 e. The molecule has 0 aromatic heterocycles. The lowest BCUT2D eigenvalue weighted by Crippen LogP contribution is -2.39. The second-order valence-corrected chi connectivity index (χ2v) is 8.18. The SMILES string of the molecule is CC1CCCN(C(=O)c2ccc(NS(=O)(=O)c3ccccc3)cc2)C1. The van der Waals surface area contributed by atoms with Gasteiger partial charge in [-0.15, -0.1) is 0 Å². The van der Waals surface area contributed by atoms with Gasteiger partial charge in [0.05, 0.1) is 4.90 Å². The number of benzene rings is 2. The Morgan fingerprint density at radius 2 is 1.76 bits per heavy atom. The fourth-order valence-corrected chi connectivity index (χ4v) is 4.13. The zero-order chi connectivity index (χ0) is 17.9. The standard InChI is InChI=1S/C19H22N2O3S/c1-15-6-5-13-21(14-15)19(22)16-9-11-17(12-10-16)20-25(23,24)18-7-3-2-4-8-18/h2-4,7-12,15,20H,5-6,13-14H2,1H3. The third-order valence-electron chi connectivity index (χ3n) is 4.38. The Hall–Kier alpha value is -2.34. The summed E-state index contributed by atoms with van der Waals surface area (Å²) in [6.45, 7) is 3.72. The summed E-state index contributed by atoms with van der Waals surface area (Å²) in [5.74, 6) is 0.527. The van der Waals surface area contributed by atoms with Gasteiger partial charge in [-0.25, -0.2) is 8.42 Å². The molecule has 1 atom stereocenters. The highest BCUT2D eigenvalue weighted by Gasteiger charge is 2.22. The first-order valence-corrected chi connectivity index (χ1v) is 9.91. The number of carbonyl (C=O) groups excluding carboxylic acids is 1. The lowest BCUT2D eigenvalue weighted by atomic mass is 9.99. The van der Waals surface area contributed by atoms with Crippen molar-refractivity contribution >= 4 is 21.6 Å². The Morgan fingerprint density at radius 3 is 2.40 bits per heavy atom. The highest BCUT2D eigenvalue weighted by atomic mass is 32.2. The van der Waals surface area contributed by atoms with E-state index in [1.807, 2.05) is 4.90 Å². The second-order valence-electron chi connectivity index (χ2n) is 6.49. The van der Waals surface area contributed by atoms with E-state index in [9.17, 15) is 13.2 Å². The van der Waals surface area contributed by atoms with Crippen LogP contribution in [0, 0.1) is 5.92 Å². The second kappa shape index (κ2) is 7.27. The fourth-order valence-electron chi connectivity index (χ4n) is 3.05. The fraction of sp³-hybridized carbons (Fsp3) is 0.316. The van der Waals surface area contributed by atoms with E-state index in [0.717, 1.165) is 25.9 Å². The Labute approximate surface area is 148 Å². The van der Waals surface area contributed by atoms with Gasteiger partial charge in [0, 0.05) is 24.3 Å². The highest BCUT2D eigenvalue weighted by Crippen LogP contribution is 2.20. The average Bonchev–Trinajstić information content (AvgIpc) is 2.62. The van der Waals surface area contributed by atoms with Crippen molar-refractivity contribution in [2.75, 3.05) is 17.8 Å². The smallest absolute Gasteiger partial charge is 0.261 e. The first-order valence-electron chi connectivity index (χ1n) is 8.43. The van der Waals surface area contributed by atoms with Crippen LogP contribution in [0.5, 0.6) is 0 Å². The number of piperidine rings is 1. The number of amides is 1. The van der Waals surface area contributed by atoms with Crippen LogP contribution in [0.2, 0.25) is 0 Å². The van der Waals surface area contributed by atoms with E-state index in [2.05, 4.69) is 11.6 Å². The maximum atomic E-state index is 12.6. The van der Waals surface area contributed by atoms with Crippen molar-refractivity contribution in [1.29, 1.82) is 0 Å². The van der Waals surface area contributed by atoms with Gasteiger partial charge in [-0.05, 0) is 55.2 Å². The number of anilines is 1. The Kier molecular flexibility index (Phi) is 5.08. The molecule has 1 fully saturated rings. The molecule has 0 saturated carbocycles. The number of likely N-dealkylation sites (tertiary alicyclic amines) is 1. The molecule has 1 aliphatic heterocycles. The van der Waals surface area contributed by atoms with Gasteiger partial charge in [0.1, 0.15) is 0 Å². The van der Waals surface area contributed by atoms with Crippen molar-refractivity contribution in [3.05, 3.63) is 60.2 Å². The van der Waals surface area contributed by atoms with Crippen LogP contribution in [-0.2, 0) is 10.0 Å². The third-order valence-corrected chi connectivity index (χ3v) is 5.78. The normalized spacial score (nSPS) is 18.0. The number of rotatable bonds is 4. The largest absolute Gasteiger partial charge is 0.338 e. The van der Waals surface area contributed by atoms with Crippen LogP contribution < -0.4 is 4.72 Å². The first kappa shape index (κ1) is 17.5. The minimum atomic E-state index is -3.62. The summed E-state index contributed by atoms with van der Waals surface area (Å²) in [6, 6.07) is 14.8. The lowest BCUT2D eigenvalue weighted by Gasteiger charge is -2.31. The van der Waals surface area contributed by atoms with Crippen LogP contribution in [0.25, 0.3) is 0 Å². The Morgan fingerprint density at radius 1 is 1.08 bits per heavy atom. The molecule has 1 unspecified atom stereocenters. The van der Waals surface area contributed by atoms with Gasteiger partial charge in [0.2, 0.25) is 0 Å². The first-order chi connectivity index (χ1) is 12.0. The summed E-state index contributed by atoms with van der Waals surface area (Å²) in [6.07, 6.45) is 2.19. The third kappa shape index (κ3) is 4.20. The van der Waals surface area contributed by atoms with Crippen LogP contribution in [-0.4, -0.2) is 32.3 Å². The summed E-state index contributed by atoms with van der Waals surface area (Å²) < 4.78 is 27.2. The summed E-state index contributed by atoms with van der Waals surface area (Å²) >= 11 is 0. The molecule has 0 bridgehead atoms. The van der Waals surface area contributed by atoms with Gasteiger partial charge in [-0.2, -0.15) is 0 Å². The summed E-state index contributed by atoms with van der Waals surface area (Å²) in [5.41, 5.74) is 1.02. The van der Waals surface area contributed by atoms with Crippen molar-refractivity contribution in [2.45, 2.75) is 24.7 Å². The zero-order valence-electron chi connectivity index (χ0n) is 14.2. The number of hydrogen-bond donors (Lipinski definition) is 1. The van der Waals surface area contributed by atoms with Gasteiger partial charge in [-0.3, -0.25) is 9.52 Å². The van der Waals surface area contributed by atoms with Crippen molar-refractivity contribution in [1.82, 2.24) is 4.90 Å². The predicted molar refractivity (Wildman–Crippen MR) is 98.0 cm³/mol. The summed E-state index contributed by atoms with van der Waals surface area (Å²) in [4.78, 5) is 14.6. The minimum absolute atomic E-state index is 0.00372. The molecule has 1 saturated heterocycles. The van der Waals surface area contributed by atoms with E-state index in [1.165, 1.54) is 12.1 Å². The number of carbonyl (C=O) groups is 1. The minimum Gasteiger partial charge on any atom is -0.338 e. The monoisotopic (exact) mass is 358 g/mol. The number of nitrogens with one attached hydrogen (secondary N) is 1. The molecular formula is C19H22N2O3S. The average molecular weight is 358 g/mol. The maximum absolute atomic E-state index is 12.6. The number of nitrogens with zero attached hydrogens (tertiary/aromatic N) is 1. The van der Waals surface area contributed by atoms with E-state index in [0.29, 0.717) is 17.2 Å². The molecule has 3 rings (SSSR count). The molecule has 1 heterocycles. The lowest BCUT2D eigenvalue weighted by molar-refractivity contribution is 0.0683. The van der Waals surface area contributed by atoms with E-state index in [4.69, 9.17) is 0 Å².